The largest absolute Gasteiger partial charge is 0.358 e. The maximum absolute atomic E-state index is 0. The zero-order chi connectivity index (χ0) is 0. The van der Waals surface area contributed by atoms with Crippen molar-refractivity contribution in [3.8, 4) is 0 Å². The van der Waals surface area contributed by atoms with E-state index in [9.17, 15) is 0 Å². The standard InChI is InChI=1S/CH3.23W/h1H3;;;;;;;;;;;;;;;;;;;;;;;/q-1;;;;;;;;;;;;;;;;;;;;;;;. The second kappa shape index (κ2) is 222. The third kappa shape index (κ3) is 205. The number of hydrogen-bond acceptors (Lipinski definition) is 0. The molecule has 0 aromatic rings. The summed E-state index contributed by atoms with van der Waals surface area (Å²) in [5.74, 6) is 0. The minimum atomic E-state index is 0. The van der Waals surface area contributed by atoms with Gasteiger partial charge in [0.15, 0.2) is 0 Å². The molecule has 0 saturated carbocycles. The first kappa shape index (κ1) is 240. The fraction of sp³-hybridized carbons (Fsp3) is 0. The van der Waals surface area contributed by atoms with Gasteiger partial charge in [0.1, 0.15) is 0 Å². The van der Waals surface area contributed by atoms with Crippen molar-refractivity contribution in [3.05, 3.63) is 7.43 Å². The van der Waals surface area contributed by atoms with E-state index < -0.39 is 0 Å². The molecule has 0 rings (SSSR count). The van der Waals surface area contributed by atoms with Crippen LogP contribution in [-0.4, -0.2) is 0 Å². The van der Waals surface area contributed by atoms with E-state index in [2.05, 4.69) is 0 Å². The number of rotatable bonds is 0. The molecule has 0 saturated heterocycles. The van der Waals surface area contributed by atoms with Gasteiger partial charge in [0, 0.05) is 485 Å². The molecule has 0 atom stereocenters. The summed E-state index contributed by atoms with van der Waals surface area (Å²) in [6.45, 7) is 0. The molecule has 0 aromatic carbocycles. The quantitative estimate of drug-likeness (QED) is 0.309. The van der Waals surface area contributed by atoms with Gasteiger partial charge in [-0.1, -0.05) is 0 Å². The van der Waals surface area contributed by atoms with Crippen LogP contribution in [0.2, 0.25) is 0 Å². The predicted octanol–water partition coefficient (Wildman–Crippen LogP) is 0.393. The van der Waals surface area contributed by atoms with Crippen LogP contribution in [0.15, 0.2) is 0 Å². The molecule has 0 nitrogen and oxygen atoms in total. The van der Waals surface area contributed by atoms with Gasteiger partial charge in [0.25, 0.3) is 0 Å². The molecular formula is CH3W23-. The van der Waals surface area contributed by atoms with Gasteiger partial charge in [-0.15, -0.1) is 0 Å². The van der Waals surface area contributed by atoms with Crippen molar-refractivity contribution in [2.45, 2.75) is 0 Å². The summed E-state index contributed by atoms with van der Waals surface area (Å²) >= 11 is 0. The van der Waals surface area contributed by atoms with Gasteiger partial charge in [0.05, 0.1) is 0 Å². The topological polar surface area (TPSA) is 0 Å². The van der Waals surface area contributed by atoms with Crippen molar-refractivity contribution in [3.63, 3.8) is 0 Å². The second-order valence-electron chi connectivity index (χ2n) is 0. The first-order chi connectivity index (χ1) is 0. The molecule has 0 N–H and O–H groups in total. The van der Waals surface area contributed by atoms with Crippen molar-refractivity contribution in [1.82, 2.24) is 0 Å². The van der Waals surface area contributed by atoms with Crippen LogP contribution in [0.3, 0.4) is 0 Å². The Morgan fingerprint density at radius 1 is 0.0833 bits per heavy atom. The Kier molecular flexibility index (Phi) is 2210. The van der Waals surface area contributed by atoms with Crippen LogP contribution in [0.1, 0.15) is 0 Å². The van der Waals surface area contributed by atoms with Crippen molar-refractivity contribution < 1.29 is 485 Å². The van der Waals surface area contributed by atoms with E-state index in [4.69, 9.17) is 0 Å². The third-order valence-electron chi connectivity index (χ3n) is 0. The normalized spacial score (nSPS) is 0. The summed E-state index contributed by atoms with van der Waals surface area (Å²) in [5, 5.41) is 0. The third-order valence-corrected chi connectivity index (χ3v) is 0. The molecule has 0 spiro atoms. The molecule has 24 heavy (non-hydrogen) atoms. The smallest absolute Gasteiger partial charge is 0 e. The Morgan fingerprint density at radius 2 is 0.0833 bits per heavy atom. The molecule has 0 heterocycles. The summed E-state index contributed by atoms with van der Waals surface area (Å²) in [7, 11) is 0. The average molecular weight is 4240 g/mol. The molecule has 23 heteroatoms. The summed E-state index contributed by atoms with van der Waals surface area (Å²) in [5.41, 5.74) is 0. The van der Waals surface area contributed by atoms with Crippen molar-refractivity contribution >= 4 is 0 Å². The van der Waals surface area contributed by atoms with E-state index in [1.54, 1.807) is 0 Å². The van der Waals surface area contributed by atoms with Crippen LogP contribution >= 0.6 is 0 Å². The Labute approximate surface area is 478 Å². The summed E-state index contributed by atoms with van der Waals surface area (Å²) in [6.07, 6.45) is 0. The fourth-order valence-corrected chi connectivity index (χ4v) is 0. The molecule has 0 unspecified atom stereocenters. The van der Waals surface area contributed by atoms with E-state index in [1.807, 2.05) is 0 Å². The summed E-state index contributed by atoms with van der Waals surface area (Å²) in [4.78, 5) is 0. The fourth-order valence-electron chi connectivity index (χ4n) is 0. The maximum Gasteiger partial charge on any atom is 0 e. The molecule has 0 bridgehead atoms. The Balaban J connectivity index is 0. The zero-order valence-corrected chi connectivity index (χ0v) is 77.9. The van der Waals surface area contributed by atoms with Crippen LogP contribution in [0.4, 0.5) is 0 Å². The van der Waals surface area contributed by atoms with Crippen LogP contribution in [-0.2, 0) is 485 Å². The van der Waals surface area contributed by atoms with Gasteiger partial charge in [-0.05, 0) is 0 Å². The molecule has 0 aliphatic rings. The molecule has 0 aromatic heterocycles. The monoisotopic (exact) mass is 4250 g/mol. The maximum atomic E-state index is 0. The van der Waals surface area contributed by atoms with Gasteiger partial charge in [-0.3, -0.25) is 0 Å². The van der Waals surface area contributed by atoms with Crippen LogP contribution in [0, 0.1) is 7.43 Å². The van der Waals surface area contributed by atoms with E-state index >= 15 is 0 Å². The average Bonchev–Trinajstić information content (AvgIpc) is 0. The molecule has 146 valence electrons. The van der Waals surface area contributed by atoms with E-state index in [-0.39, 0.29) is 492 Å². The first-order valence-electron chi connectivity index (χ1n) is 0. The molecule has 0 amide bonds. The zero-order valence-electron chi connectivity index (χ0n) is 10.4. The summed E-state index contributed by atoms with van der Waals surface area (Å²) < 4.78 is 0. The van der Waals surface area contributed by atoms with E-state index in [0.717, 1.165) is 0 Å². The SMILES string of the molecule is [CH3-].[W].[W].[W].[W].[W].[W].[W].[W].[W].[W].[W].[W].[W].[W].[W].[W].[W].[W].[W].[W].[W].[W].[W]. The van der Waals surface area contributed by atoms with Crippen LogP contribution in [0.5, 0.6) is 0 Å². The second-order valence-corrected chi connectivity index (χ2v) is 0. The first-order valence-corrected chi connectivity index (χ1v) is 0. The Morgan fingerprint density at radius 3 is 0.0833 bits per heavy atom. The molecular weight excluding hydrogens is 4240 g/mol. The van der Waals surface area contributed by atoms with Gasteiger partial charge in [-0.25, -0.2) is 0 Å². The molecule has 0 radical (unpaired) electrons. The van der Waals surface area contributed by atoms with Crippen LogP contribution in [0.25, 0.3) is 0 Å². The van der Waals surface area contributed by atoms with Crippen molar-refractivity contribution in [1.29, 1.82) is 0 Å². The Hall–Kier alpha value is 15.8. The van der Waals surface area contributed by atoms with E-state index in [0.29, 0.717) is 0 Å². The minimum absolute atomic E-state index is 0. The van der Waals surface area contributed by atoms with E-state index in [1.165, 1.54) is 0 Å². The van der Waals surface area contributed by atoms with Crippen molar-refractivity contribution in [2.24, 2.45) is 0 Å². The predicted molar refractivity (Wildman–Crippen MR) is 6.41 cm³/mol. The molecule has 0 aliphatic heterocycles. The summed E-state index contributed by atoms with van der Waals surface area (Å²) in [6, 6.07) is 0. The van der Waals surface area contributed by atoms with Gasteiger partial charge >= 0.3 is 0 Å². The molecule has 0 aliphatic carbocycles. The molecule has 0 fully saturated rings. The van der Waals surface area contributed by atoms with Gasteiger partial charge in [-0.2, -0.15) is 0 Å². The van der Waals surface area contributed by atoms with Gasteiger partial charge < -0.3 is 7.43 Å². The van der Waals surface area contributed by atoms with Crippen LogP contribution < -0.4 is 0 Å². The van der Waals surface area contributed by atoms with Gasteiger partial charge in [0.2, 0.25) is 0 Å². The Bertz CT molecular complexity index is 6.00. The minimum Gasteiger partial charge on any atom is -0.358 e. The number of hydrogen-bond donors (Lipinski definition) is 0. The van der Waals surface area contributed by atoms with Crippen molar-refractivity contribution in [2.75, 3.05) is 0 Å².